The zero-order valence-electron chi connectivity index (χ0n) is 12.3. The van der Waals surface area contributed by atoms with Gasteiger partial charge in [-0.3, -0.25) is 9.59 Å². The number of hydrogen-bond acceptors (Lipinski definition) is 3. The van der Waals surface area contributed by atoms with Gasteiger partial charge >= 0.3 is 11.9 Å². The molecule has 0 aliphatic heterocycles. The first-order chi connectivity index (χ1) is 8.87. The lowest BCUT2D eigenvalue weighted by Crippen LogP contribution is -2.32. The van der Waals surface area contributed by atoms with Crippen LogP contribution in [0.25, 0.3) is 0 Å². The second-order valence-corrected chi connectivity index (χ2v) is 5.35. The fourth-order valence-corrected chi connectivity index (χ4v) is 2.10. The highest BCUT2D eigenvalue weighted by Gasteiger charge is 2.36. The summed E-state index contributed by atoms with van der Waals surface area (Å²) < 4.78 is 4.95. The predicted octanol–water partition coefficient (Wildman–Crippen LogP) is 3.41. The summed E-state index contributed by atoms with van der Waals surface area (Å²) in [7, 11) is 0. The fraction of sp³-hybridized carbons (Fsp3) is 0.733. The van der Waals surface area contributed by atoms with Gasteiger partial charge in [0.2, 0.25) is 0 Å². The van der Waals surface area contributed by atoms with Gasteiger partial charge < -0.3 is 9.84 Å². The highest BCUT2D eigenvalue weighted by atomic mass is 16.5. The zero-order valence-corrected chi connectivity index (χ0v) is 12.3. The average molecular weight is 270 g/mol. The molecule has 19 heavy (non-hydrogen) atoms. The Bertz CT molecular complexity index is 311. The Morgan fingerprint density at radius 1 is 1.42 bits per heavy atom. The van der Waals surface area contributed by atoms with E-state index in [-0.39, 0.29) is 12.6 Å². The highest BCUT2D eigenvalue weighted by molar-refractivity contribution is 5.77. The third-order valence-corrected chi connectivity index (χ3v) is 3.35. The van der Waals surface area contributed by atoms with Gasteiger partial charge in [-0.25, -0.2) is 0 Å². The van der Waals surface area contributed by atoms with E-state index in [0.29, 0.717) is 12.8 Å². The third kappa shape index (κ3) is 6.41. The van der Waals surface area contributed by atoms with Crippen LogP contribution in [0.15, 0.2) is 12.7 Å². The molecule has 0 fully saturated rings. The van der Waals surface area contributed by atoms with Gasteiger partial charge in [0.25, 0.3) is 0 Å². The van der Waals surface area contributed by atoms with Crippen molar-refractivity contribution in [2.24, 2.45) is 11.3 Å². The van der Waals surface area contributed by atoms with Crippen molar-refractivity contribution < 1.29 is 19.4 Å². The van der Waals surface area contributed by atoms with E-state index in [1.165, 1.54) is 6.08 Å². The summed E-state index contributed by atoms with van der Waals surface area (Å²) in [5.74, 6) is -1.61. The van der Waals surface area contributed by atoms with Gasteiger partial charge in [-0.05, 0) is 19.8 Å². The zero-order chi connectivity index (χ0) is 14.9. The molecule has 0 aromatic carbocycles. The van der Waals surface area contributed by atoms with Crippen LogP contribution in [0.5, 0.6) is 0 Å². The first kappa shape index (κ1) is 17.7. The topological polar surface area (TPSA) is 63.6 Å². The summed E-state index contributed by atoms with van der Waals surface area (Å²) in [4.78, 5) is 23.1. The van der Waals surface area contributed by atoms with Crippen LogP contribution < -0.4 is 0 Å². The molecule has 2 unspecified atom stereocenters. The van der Waals surface area contributed by atoms with Gasteiger partial charge in [-0.15, -0.1) is 0 Å². The number of esters is 1. The molecular weight excluding hydrogens is 244 g/mol. The van der Waals surface area contributed by atoms with Crippen LogP contribution in [0, 0.1) is 11.3 Å². The second kappa shape index (κ2) is 8.73. The van der Waals surface area contributed by atoms with Crippen molar-refractivity contribution in [3.05, 3.63) is 12.7 Å². The number of hydrogen-bond donors (Lipinski definition) is 1. The van der Waals surface area contributed by atoms with E-state index in [1.54, 1.807) is 13.8 Å². The lowest BCUT2D eigenvalue weighted by atomic mass is 9.77. The summed E-state index contributed by atoms with van der Waals surface area (Å²) >= 11 is 0. The van der Waals surface area contributed by atoms with Crippen LogP contribution in [0.3, 0.4) is 0 Å². The molecule has 0 saturated carbocycles. The average Bonchev–Trinajstić information content (AvgIpc) is 2.35. The molecule has 0 aliphatic rings. The van der Waals surface area contributed by atoms with Crippen LogP contribution in [-0.4, -0.2) is 23.7 Å². The van der Waals surface area contributed by atoms with Crippen LogP contribution >= 0.6 is 0 Å². The Hall–Kier alpha value is -1.32. The predicted molar refractivity (Wildman–Crippen MR) is 74.8 cm³/mol. The van der Waals surface area contributed by atoms with Crippen molar-refractivity contribution >= 4 is 11.9 Å². The van der Waals surface area contributed by atoms with Gasteiger partial charge in [0.05, 0.1) is 11.3 Å². The highest BCUT2D eigenvalue weighted by Crippen LogP contribution is 2.33. The smallest absolute Gasteiger partial charge is 0.309 e. The molecule has 0 radical (unpaired) electrons. The van der Waals surface area contributed by atoms with Gasteiger partial charge in [-0.1, -0.05) is 45.8 Å². The lowest BCUT2D eigenvalue weighted by molar-refractivity contribution is -0.153. The number of carbonyl (C=O) groups excluding carboxylic acids is 1. The van der Waals surface area contributed by atoms with Crippen molar-refractivity contribution in [2.75, 3.05) is 6.61 Å². The van der Waals surface area contributed by atoms with Crippen LogP contribution in [-0.2, 0) is 14.3 Å². The maximum Gasteiger partial charge on any atom is 0.309 e. The molecular formula is C15H26O4. The molecule has 0 aliphatic carbocycles. The molecule has 0 spiro atoms. The molecule has 0 heterocycles. The number of unbranched alkanes of at least 4 members (excludes halogenated alkanes) is 2. The van der Waals surface area contributed by atoms with Gasteiger partial charge in [-0.2, -0.15) is 0 Å². The lowest BCUT2D eigenvalue weighted by Gasteiger charge is -2.27. The van der Waals surface area contributed by atoms with Crippen LogP contribution in [0.2, 0.25) is 0 Å². The second-order valence-electron chi connectivity index (χ2n) is 5.35. The maximum atomic E-state index is 11.7. The summed E-state index contributed by atoms with van der Waals surface area (Å²) in [5.41, 5.74) is -0.859. The molecule has 0 saturated heterocycles. The standard InChI is InChI=1S/C15H26O4/c1-5-7-8-9-15(4,14(17)18)11-12(3)13(16)19-10-6-2/h6,12H,2,5,7-11H2,1,3-4H3,(H,17,18). The number of aliphatic carboxylic acids is 1. The largest absolute Gasteiger partial charge is 0.481 e. The minimum absolute atomic E-state index is 0.169. The van der Waals surface area contributed by atoms with Crippen molar-refractivity contribution in [3.8, 4) is 0 Å². The first-order valence-electron chi connectivity index (χ1n) is 6.88. The van der Waals surface area contributed by atoms with Crippen LogP contribution in [0.1, 0.15) is 52.9 Å². The molecule has 0 rings (SSSR count). The number of rotatable bonds is 10. The molecule has 0 amide bonds. The van der Waals surface area contributed by atoms with E-state index >= 15 is 0 Å². The van der Waals surface area contributed by atoms with Crippen molar-refractivity contribution in [1.29, 1.82) is 0 Å². The monoisotopic (exact) mass is 270 g/mol. The molecule has 0 aromatic heterocycles. The van der Waals surface area contributed by atoms with E-state index in [2.05, 4.69) is 13.5 Å². The minimum Gasteiger partial charge on any atom is -0.481 e. The van der Waals surface area contributed by atoms with E-state index in [0.717, 1.165) is 19.3 Å². The summed E-state index contributed by atoms with van der Waals surface area (Å²) in [6.45, 7) is 9.14. The molecule has 0 aromatic rings. The summed E-state index contributed by atoms with van der Waals surface area (Å²) in [6.07, 6.45) is 5.33. The molecule has 4 nitrogen and oxygen atoms in total. The quantitative estimate of drug-likeness (QED) is 0.375. The Morgan fingerprint density at radius 3 is 2.53 bits per heavy atom. The third-order valence-electron chi connectivity index (χ3n) is 3.35. The van der Waals surface area contributed by atoms with Crippen LogP contribution in [0.4, 0.5) is 0 Å². The Balaban J connectivity index is 4.51. The van der Waals surface area contributed by atoms with E-state index < -0.39 is 17.3 Å². The van der Waals surface area contributed by atoms with Gasteiger partial charge in [0, 0.05) is 0 Å². The summed E-state index contributed by atoms with van der Waals surface area (Å²) in [6, 6.07) is 0. The Labute approximate surface area is 115 Å². The maximum absolute atomic E-state index is 11.7. The number of carboxylic acid groups (broad SMARTS) is 1. The van der Waals surface area contributed by atoms with E-state index in [1.807, 2.05) is 0 Å². The summed E-state index contributed by atoms with van der Waals surface area (Å²) in [5, 5.41) is 9.37. The van der Waals surface area contributed by atoms with Crippen molar-refractivity contribution in [2.45, 2.75) is 52.9 Å². The normalized spacial score (nSPS) is 15.3. The number of ether oxygens (including phenoxy) is 1. The molecule has 110 valence electrons. The van der Waals surface area contributed by atoms with Gasteiger partial charge in [0.1, 0.15) is 6.61 Å². The Morgan fingerprint density at radius 2 is 2.05 bits per heavy atom. The first-order valence-corrected chi connectivity index (χ1v) is 6.88. The Kier molecular flexibility index (Phi) is 8.12. The number of carboxylic acids is 1. The van der Waals surface area contributed by atoms with E-state index in [4.69, 9.17) is 4.74 Å². The van der Waals surface area contributed by atoms with Gasteiger partial charge in [0.15, 0.2) is 0 Å². The molecule has 0 bridgehead atoms. The molecule has 1 N–H and O–H groups in total. The number of carbonyl (C=O) groups is 2. The fourth-order valence-electron chi connectivity index (χ4n) is 2.10. The minimum atomic E-state index is -0.859. The SMILES string of the molecule is C=CCOC(=O)C(C)CC(C)(CCCCC)C(=O)O. The van der Waals surface area contributed by atoms with Crippen molar-refractivity contribution in [3.63, 3.8) is 0 Å². The van der Waals surface area contributed by atoms with Crippen molar-refractivity contribution in [1.82, 2.24) is 0 Å². The molecule has 4 heteroatoms. The molecule has 2 atom stereocenters. The van der Waals surface area contributed by atoms with E-state index in [9.17, 15) is 14.7 Å².